The minimum atomic E-state index is -4.42. The van der Waals surface area contributed by atoms with Gasteiger partial charge in [0.2, 0.25) is 5.88 Å². The predicted octanol–water partition coefficient (Wildman–Crippen LogP) is 2.87. The van der Waals surface area contributed by atoms with Crippen LogP contribution in [0.4, 0.5) is 13.2 Å². The van der Waals surface area contributed by atoms with E-state index in [1.165, 1.54) is 18.5 Å². The Hall–Kier alpha value is -3.17. The van der Waals surface area contributed by atoms with Crippen LogP contribution in [-0.4, -0.2) is 45.0 Å². The van der Waals surface area contributed by atoms with Gasteiger partial charge in [-0.1, -0.05) is 0 Å². The van der Waals surface area contributed by atoms with Crippen molar-refractivity contribution in [3.05, 3.63) is 47.5 Å². The summed E-state index contributed by atoms with van der Waals surface area (Å²) in [6.45, 7) is 3.00. The Morgan fingerprint density at radius 3 is 2.79 bits per heavy atom. The van der Waals surface area contributed by atoms with Gasteiger partial charge in [-0.25, -0.2) is 4.98 Å². The van der Waals surface area contributed by atoms with E-state index in [1.807, 2.05) is 6.92 Å². The van der Waals surface area contributed by atoms with E-state index in [2.05, 4.69) is 25.1 Å². The van der Waals surface area contributed by atoms with E-state index in [0.29, 0.717) is 29.6 Å². The van der Waals surface area contributed by atoms with Crippen LogP contribution in [0.1, 0.15) is 28.5 Å². The summed E-state index contributed by atoms with van der Waals surface area (Å²) in [6, 6.07) is 3.15. The molecule has 10 heteroatoms. The second-order valence-electron chi connectivity index (χ2n) is 6.13. The molecular weight excluding hydrogens is 375 g/mol. The molecule has 0 aromatic carbocycles. The molecule has 0 unspecified atom stereocenters. The van der Waals surface area contributed by atoms with Gasteiger partial charge in [0.1, 0.15) is 5.69 Å². The van der Waals surface area contributed by atoms with Gasteiger partial charge < -0.3 is 10.1 Å². The van der Waals surface area contributed by atoms with Crippen LogP contribution in [0, 0.1) is 6.92 Å². The molecule has 28 heavy (non-hydrogen) atoms. The fourth-order valence-corrected chi connectivity index (χ4v) is 2.63. The van der Waals surface area contributed by atoms with Gasteiger partial charge in [-0.2, -0.15) is 18.3 Å². The Bertz CT molecular complexity index is 1000. The van der Waals surface area contributed by atoms with E-state index in [4.69, 9.17) is 0 Å². The first kappa shape index (κ1) is 19.6. The second kappa shape index (κ2) is 7.83. The van der Waals surface area contributed by atoms with Crippen molar-refractivity contribution in [3.8, 4) is 5.88 Å². The molecule has 0 saturated heterocycles. The maximum atomic E-state index is 12.2. The standard InChI is InChI=1S/C18H18F3N5O2/c1-3-22-17(27)16-13-9-26(25-14(13)4-5-23-16)8-12-7-24-15(6-11(12)2)28-10-18(19,20)21/h4-7,9H,3,8,10H2,1-2H3,(H,22,27). The molecule has 0 atom stereocenters. The molecule has 7 nitrogen and oxygen atoms in total. The van der Waals surface area contributed by atoms with Gasteiger partial charge in [0.15, 0.2) is 6.61 Å². The fourth-order valence-electron chi connectivity index (χ4n) is 2.63. The molecule has 0 bridgehead atoms. The Morgan fingerprint density at radius 2 is 2.11 bits per heavy atom. The normalized spacial score (nSPS) is 11.6. The molecule has 1 amide bonds. The van der Waals surface area contributed by atoms with Crippen molar-refractivity contribution in [2.24, 2.45) is 0 Å². The maximum Gasteiger partial charge on any atom is 0.422 e. The summed E-state index contributed by atoms with van der Waals surface area (Å²) < 4.78 is 43.0. The second-order valence-corrected chi connectivity index (χ2v) is 6.13. The number of alkyl halides is 3. The number of aromatic nitrogens is 4. The number of aryl methyl sites for hydroxylation is 1. The zero-order valence-corrected chi connectivity index (χ0v) is 15.2. The van der Waals surface area contributed by atoms with Crippen LogP contribution in [0.25, 0.3) is 10.9 Å². The third-order valence-corrected chi connectivity index (χ3v) is 3.94. The molecule has 3 heterocycles. The van der Waals surface area contributed by atoms with Gasteiger partial charge in [0.25, 0.3) is 5.91 Å². The lowest BCUT2D eigenvalue weighted by Gasteiger charge is -2.11. The number of hydrogen-bond acceptors (Lipinski definition) is 5. The van der Waals surface area contributed by atoms with Crippen molar-refractivity contribution in [2.45, 2.75) is 26.6 Å². The summed E-state index contributed by atoms with van der Waals surface area (Å²) in [6.07, 6.45) is 0.264. The van der Waals surface area contributed by atoms with E-state index in [-0.39, 0.29) is 17.5 Å². The number of halogens is 3. The molecule has 0 saturated carbocycles. The van der Waals surface area contributed by atoms with Crippen molar-refractivity contribution in [2.75, 3.05) is 13.2 Å². The number of hydrogen-bond donors (Lipinski definition) is 1. The Morgan fingerprint density at radius 1 is 1.32 bits per heavy atom. The first-order valence-corrected chi connectivity index (χ1v) is 8.52. The monoisotopic (exact) mass is 393 g/mol. The molecule has 1 N–H and O–H groups in total. The number of rotatable bonds is 6. The summed E-state index contributed by atoms with van der Waals surface area (Å²) in [5.74, 6) is -0.372. The number of nitrogens with zero attached hydrogens (tertiary/aromatic N) is 4. The van der Waals surface area contributed by atoms with Gasteiger partial charge in [-0.15, -0.1) is 0 Å². The summed E-state index contributed by atoms with van der Waals surface area (Å²) in [5.41, 5.74) is 2.39. The molecule has 3 rings (SSSR count). The zero-order valence-electron chi connectivity index (χ0n) is 15.2. The van der Waals surface area contributed by atoms with Crippen molar-refractivity contribution in [3.63, 3.8) is 0 Å². The zero-order chi connectivity index (χ0) is 20.3. The highest BCUT2D eigenvalue weighted by atomic mass is 19.4. The maximum absolute atomic E-state index is 12.2. The summed E-state index contributed by atoms with van der Waals surface area (Å²) in [5, 5.41) is 7.76. The predicted molar refractivity (Wildman–Crippen MR) is 95.2 cm³/mol. The lowest BCUT2D eigenvalue weighted by molar-refractivity contribution is -0.154. The van der Waals surface area contributed by atoms with E-state index < -0.39 is 12.8 Å². The Labute approximate surface area is 158 Å². The van der Waals surface area contributed by atoms with Crippen LogP contribution in [0.15, 0.2) is 30.7 Å². The molecule has 0 radical (unpaired) electrons. The van der Waals surface area contributed by atoms with Crippen LogP contribution in [0.3, 0.4) is 0 Å². The summed E-state index contributed by atoms with van der Waals surface area (Å²) in [4.78, 5) is 20.2. The van der Waals surface area contributed by atoms with Crippen LogP contribution in [0.5, 0.6) is 5.88 Å². The topological polar surface area (TPSA) is 81.9 Å². The summed E-state index contributed by atoms with van der Waals surface area (Å²) >= 11 is 0. The average Bonchev–Trinajstić information content (AvgIpc) is 3.04. The SMILES string of the molecule is CCNC(=O)c1nccc2nn(Cc3cnc(OCC(F)(F)F)cc3C)cc12. The minimum absolute atomic E-state index is 0.0908. The molecule has 3 aromatic rings. The lowest BCUT2D eigenvalue weighted by Crippen LogP contribution is -2.23. The van der Waals surface area contributed by atoms with Crippen LogP contribution in [0.2, 0.25) is 0 Å². The number of carbonyl (C=O) groups excluding carboxylic acids is 1. The Kier molecular flexibility index (Phi) is 5.48. The molecule has 0 aliphatic heterocycles. The van der Waals surface area contributed by atoms with Crippen molar-refractivity contribution < 1.29 is 22.7 Å². The highest BCUT2D eigenvalue weighted by Crippen LogP contribution is 2.21. The fraction of sp³-hybridized carbons (Fsp3) is 0.333. The first-order chi connectivity index (χ1) is 13.3. The van der Waals surface area contributed by atoms with Gasteiger partial charge in [0, 0.05) is 31.2 Å². The van der Waals surface area contributed by atoms with Crippen LogP contribution >= 0.6 is 0 Å². The van der Waals surface area contributed by atoms with Crippen molar-refractivity contribution in [1.29, 1.82) is 0 Å². The average molecular weight is 393 g/mol. The van der Waals surface area contributed by atoms with E-state index in [1.54, 1.807) is 23.9 Å². The van der Waals surface area contributed by atoms with Crippen molar-refractivity contribution in [1.82, 2.24) is 25.1 Å². The van der Waals surface area contributed by atoms with E-state index >= 15 is 0 Å². The van der Waals surface area contributed by atoms with Crippen molar-refractivity contribution >= 4 is 16.8 Å². The van der Waals surface area contributed by atoms with Crippen LogP contribution in [-0.2, 0) is 6.54 Å². The molecule has 0 aliphatic rings. The number of amides is 1. The number of carbonyl (C=O) groups is 1. The first-order valence-electron chi connectivity index (χ1n) is 8.52. The molecule has 0 aliphatic carbocycles. The quantitative estimate of drug-likeness (QED) is 0.697. The number of ether oxygens (including phenoxy) is 1. The van der Waals surface area contributed by atoms with Gasteiger partial charge in [-0.3, -0.25) is 14.5 Å². The highest BCUT2D eigenvalue weighted by molar-refractivity contribution is 6.04. The lowest BCUT2D eigenvalue weighted by atomic mass is 10.1. The minimum Gasteiger partial charge on any atom is -0.468 e. The molecule has 0 spiro atoms. The van der Waals surface area contributed by atoms with E-state index in [0.717, 1.165) is 5.56 Å². The number of nitrogens with one attached hydrogen (secondary N) is 1. The molecule has 0 fully saturated rings. The van der Waals surface area contributed by atoms with Crippen LogP contribution < -0.4 is 10.1 Å². The molecule has 3 aromatic heterocycles. The third kappa shape index (κ3) is 4.56. The smallest absolute Gasteiger partial charge is 0.422 e. The summed E-state index contributed by atoms with van der Waals surface area (Å²) in [7, 11) is 0. The Balaban J connectivity index is 1.81. The number of pyridine rings is 2. The largest absolute Gasteiger partial charge is 0.468 e. The van der Waals surface area contributed by atoms with Gasteiger partial charge >= 0.3 is 6.18 Å². The van der Waals surface area contributed by atoms with Gasteiger partial charge in [0.05, 0.1) is 17.4 Å². The molecular formula is C18H18F3N5O2. The third-order valence-electron chi connectivity index (χ3n) is 3.94. The number of fused-ring (bicyclic) bond motifs is 1. The van der Waals surface area contributed by atoms with Gasteiger partial charge in [-0.05, 0) is 31.0 Å². The highest BCUT2D eigenvalue weighted by Gasteiger charge is 2.28. The molecule has 148 valence electrons. The van der Waals surface area contributed by atoms with E-state index in [9.17, 15) is 18.0 Å².